The van der Waals surface area contributed by atoms with Gasteiger partial charge in [0.2, 0.25) is 0 Å². The second-order valence-electron chi connectivity index (χ2n) is 4.61. The average Bonchev–Trinajstić information content (AvgIpc) is 2.33. The third kappa shape index (κ3) is 1.94. The molecule has 1 aromatic carbocycles. The molecule has 2 heteroatoms. The molecular formula is C14H21NO. The second-order valence-corrected chi connectivity index (χ2v) is 4.61. The van der Waals surface area contributed by atoms with Crippen molar-refractivity contribution in [1.82, 2.24) is 5.32 Å². The van der Waals surface area contributed by atoms with Gasteiger partial charge >= 0.3 is 0 Å². The number of rotatable bonds is 4. The lowest BCUT2D eigenvalue weighted by atomic mass is 9.67. The number of hydrogen-bond acceptors (Lipinski definition) is 2. The minimum Gasteiger partial charge on any atom is -0.496 e. The maximum absolute atomic E-state index is 5.43. The standard InChI is InChI=1S/C14H21NO/c1-4-15-13-9-12(10(13)2)11-7-5-6-8-14(11)16-3/h5-8,10,12-13,15H,4,9H2,1-3H3. The lowest BCUT2D eigenvalue weighted by molar-refractivity contribution is 0.183. The molecule has 3 unspecified atom stereocenters. The highest BCUT2D eigenvalue weighted by Crippen LogP contribution is 2.45. The molecule has 16 heavy (non-hydrogen) atoms. The van der Waals surface area contributed by atoms with Gasteiger partial charge in [-0.15, -0.1) is 0 Å². The van der Waals surface area contributed by atoms with Gasteiger partial charge in [0.05, 0.1) is 7.11 Å². The first-order valence-electron chi connectivity index (χ1n) is 6.14. The minimum absolute atomic E-state index is 0.653. The fraction of sp³-hybridized carbons (Fsp3) is 0.571. The maximum atomic E-state index is 5.43. The predicted molar refractivity (Wildman–Crippen MR) is 67.0 cm³/mol. The molecule has 1 fully saturated rings. The quantitative estimate of drug-likeness (QED) is 0.840. The number of methoxy groups -OCH3 is 1. The van der Waals surface area contributed by atoms with Gasteiger partial charge in [0.15, 0.2) is 0 Å². The summed E-state index contributed by atoms with van der Waals surface area (Å²) in [5, 5.41) is 3.53. The predicted octanol–water partition coefficient (Wildman–Crippen LogP) is 2.80. The molecule has 2 rings (SSSR count). The van der Waals surface area contributed by atoms with E-state index in [1.807, 2.05) is 6.07 Å². The van der Waals surface area contributed by atoms with E-state index in [0.29, 0.717) is 17.9 Å². The Labute approximate surface area is 98.0 Å². The van der Waals surface area contributed by atoms with E-state index in [1.54, 1.807) is 7.11 Å². The molecule has 0 radical (unpaired) electrons. The van der Waals surface area contributed by atoms with Crippen LogP contribution in [0.1, 0.15) is 31.7 Å². The molecule has 88 valence electrons. The normalized spacial score (nSPS) is 28.6. The van der Waals surface area contributed by atoms with Gasteiger partial charge in [-0.1, -0.05) is 32.0 Å². The van der Waals surface area contributed by atoms with E-state index < -0.39 is 0 Å². The molecule has 0 amide bonds. The Balaban J connectivity index is 2.09. The number of hydrogen-bond donors (Lipinski definition) is 1. The zero-order valence-electron chi connectivity index (χ0n) is 10.4. The monoisotopic (exact) mass is 219 g/mol. The van der Waals surface area contributed by atoms with E-state index in [0.717, 1.165) is 12.3 Å². The van der Waals surface area contributed by atoms with Crippen molar-refractivity contribution in [2.45, 2.75) is 32.2 Å². The fourth-order valence-corrected chi connectivity index (χ4v) is 2.70. The summed E-state index contributed by atoms with van der Waals surface area (Å²) < 4.78 is 5.43. The van der Waals surface area contributed by atoms with Gasteiger partial charge in [0.25, 0.3) is 0 Å². The Hall–Kier alpha value is -1.02. The zero-order chi connectivity index (χ0) is 11.5. The Bertz CT molecular complexity index is 350. The Morgan fingerprint density at radius 2 is 2.12 bits per heavy atom. The van der Waals surface area contributed by atoms with Gasteiger partial charge in [-0.25, -0.2) is 0 Å². The topological polar surface area (TPSA) is 21.3 Å². The van der Waals surface area contributed by atoms with Crippen molar-refractivity contribution in [1.29, 1.82) is 0 Å². The summed E-state index contributed by atoms with van der Waals surface area (Å²) in [5.41, 5.74) is 1.37. The van der Waals surface area contributed by atoms with Gasteiger partial charge in [-0.2, -0.15) is 0 Å². The molecule has 1 aliphatic rings. The Morgan fingerprint density at radius 3 is 2.75 bits per heavy atom. The van der Waals surface area contributed by atoms with Crippen LogP contribution in [0.2, 0.25) is 0 Å². The van der Waals surface area contributed by atoms with Gasteiger partial charge in [-0.05, 0) is 36.4 Å². The van der Waals surface area contributed by atoms with Crippen molar-refractivity contribution < 1.29 is 4.74 Å². The van der Waals surface area contributed by atoms with Crippen molar-refractivity contribution in [3.05, 3.63) is 29.8 Å². The van der Waals surface area contributed by atoms with Crippen molar-refractivity contribution in [2.75, 3.05) is 13.7 Å². The summed E-state index contributed by atoms with van der Waals surface area (Å²) in [4.78, 5) is 0. The molecule has 0 saturated heterocycles. The number of benzene rings is 1. The summed E-state index contributed by atoms with van der Waals surface area (Å²) in [6.45, 7) is 5.56. The van der Waals surface area contributed by atoms with Gasteiger partial charge < -0.3 is 10.1 Å². The van der Waals surface area contributed by atoms with Crippen molar-refractivity contribution >= 4 is 0 Å². The molecule has 1 saturated carbocycles. The van der Waals surface area contributed by atoms with Crippen LogP contribution in [0.15, 0.2) is 24.3 Å². The zero-order valence-corrected chi connectivity index (χ0v) is 10.4. The van der Waals surface area contributed by atoms with Gasteiger partial charge in [0.1, 0.15) is 5.75 Å². The van der Waals surface area contributed by atoms with Crippen LogP contribution in [-0.4, -0.2) is 19.7 Å². The van der Waals surface area contributed by atoms with Crippen molar-refractivity contribution in [2.24, 2.45) is 5.92 Å². The summed E-state index contributed by atoms with van der Waals surface area (Å²) in [6, 6.07) is 9.07. The molecular weight excluding hydrogens is 198 g/mol. The maximum Gasteiger partial charge on any atom is 0.122 e. The summed E-state index contributed by atoms with van der Waals surface area (Å²) in [6.07, 6.45) is 1.23. The lowest BCUT2D eigenvalue weighted by Crippen LogP contribution is -2.47. The summed E-state index contributed by atoms with van der Waals surface area (Å²) in [7, 11) is 1.75. The second kappa shape index (κ2) is 4.88. The molecule has 0 aliphatic heterocycles. The van der Waals surface area contributed by atoms with Crippen molar-refractivity contribution in [3.8, 4) is 5.75 Å². The molecule has 2 nitrogen and oxygen atoms in total. The smallest absolute Gasteiger partial charge is 0.122 e. The van der Waals surface area contributed by atoms with E-state index in [4.69, 9.17) is 4.74 Å². The van der Waals surface area contributed by atoms with E-state index in [-0.39, 0.29) is 0 Å². The average molecular weight is 219 g/mol. The molecule has 3 atom stereocenters. The highest BCUT2D eigenvalue weighted by molar-refractivity contribution is 5.38. The molecule has 1 aliphatic carbocycles. The van der Waals surface area contributed by atoms with E-state index in [2.05, 4.69) is 37.4 Å². The first kappa shape index (κ1) is 11.5. The van der Waals surface area contributed by atoms with Crippen LogP contribution in [0.4, 0.5) is 0 Å². The van der Waals surface area contributed by atoms with Gasteiger partial charge in [0, 0.05) is 6.04 Å². The number of nitrogens with one attached hydrogen (secondary N) is 1. The molecule has 0 spiro atoms. The van der Waals surface area contributed by atoms with Crippen LogP contribution in [-0.2, 0) is 0 Å². The van der Waals surface area contributed by atoms with Crippen LogP contribution in [0.3, 0.4) is 0 Å². The first-order valence-corrected chi connectivity index (χ1v) is 6.14. The molecule has 0 bridgehead atoms. The Kier molecular flexibility index (Phi) is 3.49. The number of para-hydroxylation sites is 1. The van der Waals surface area contributed by atoms with Crippen LogP contribution in [0.25, 0.3) is 0 Å². The molecule has 0 aromatic heterocycles. The third-order valence-corrected chi connectivity index (χ3v) is 3.78. The van der Waals surface area contributed by atoms with Gasteiger partial charge in [-0.3, -0.25) is 0 Å². The van der Waals surface area contributed by atoms with E-state index >= 15 is 0 Å². The van der Waals surface area contributed by atoms with Crippen LogP contribution in [0.5, 0.6) is 5.75 Å². The minimum atomic E-state index is 0.653. The number of ether oxygens (including phenoxy) is 1. The first-order chi connectivity index (χ1) is 7.77. The molecule has 1 aromatic rings. The van der Waals surface area contributed by atoms with Crippen LogP contribution < -0.4 is 10.1 Å². The van der Waals surface area contributed by atoms with Crippen molar-refractivity contribution in [3.63, 3.8) is 0 Å². The molecule has 0 heterocycles. The fourth-order valence-electron chi connectivity index (χ4n) is 2.70. The van der Waals surface area contributed by atoms with Crippen LogP contribution in [0, 0.1) is 5.92 Å². The third-order valence-electron chi connectivity index (χ3n) is 3.78. The van der Waals surface area contributed by atoms with E-state index in [9.17, 15) is 0 Å². The summed E-state index contributed by atoms with van der Waals surface area (Å²) >= 11 is 0. The Morgan fingerprint density at radius 1 is 1.38 bits per heavy atom. The summed E-state index contributed by atoms with van der Waals surface area (Å²) in [5.74, 6) is 2.39. The lowest BCUT2D eigenvalue weighted by Gasteiger charge is -2.44. The largest absolute Gasteiger partial charge is 0.496 e. The highest BCUT2D eigenvalue weighted by Gasteiger charge is 2.38. The highest BCUT2D eigenvalue weighted by atomic mass is 16.5. The van der Waals surface area contributed by atoms with E-state index in [1.165, 1.54) is 12.0 Å². The van der Waals surface area contributed by atoms with Crippen LogP contribution >= 0.6 is 0 Å². The molecule has 1 N–H and O–H groups in total. The SMILES string of the molecule is CCNC1CC(c2ccccc2OC)C1C.